The summed E-state index contributed by atoms with van der Waals surface area (Å²) in [7, 11) is -3.43. The molecule has 2 heterocycles. The summed E-state index contributed by atoms with van der Waals surface area (Å²) in [6.07, 6.45) is 3.05. The van der Waals surface area contributed by atoms with Gasteiger partial charge in [0.15, 0.2) is 0 Å². The van der Waals surface area contributed by atoms with E-state index in [2.05, 4.69) is 41.2 Å². The lowest BCUT2D eigenvalue weighted by Gasteiger charge is -2.33. The Morgan fingerprint density at radius 2 is 1.75 bits per heavy atom. The van der Waals surface area contributed by atoms with Crippen LogP contribution in [-0.2, 0) is 23.1 Å². The minimum atomic E-state index is -3.43. The highest BCUT2D eigenvalue weighted by Crippen LogP contribution is 2.18. The van der Waals surface area contributed by atoms with Crippen LogP contribution in [-0.4, -0.2) is 53.6 Å². The van der Waals surface area contributed by atoms with Crippen LogP contribution in [0.15, 0.2) is 41.6 Å². The molecule has 1 saturated heterocycles. The standard InChI is InChI=1S/C17H24N4O2S/c1-3-20-14-17(12-18-20)24(22,23)21-10-8-19(9-11-21)13-16-6-4-15(2)5-7-16/h4-7,12,14H,3,8-11,13H2,1-2H3. The van der Waals surface area contributed by atoms with Crippen molar-refractivity contribution in [2.75, 3.05) is 26.2 Å². The molecule has 0 spiro atoms. The summed E-state index contributed by atoms with van der Waals surface area (Å²) in [5.74, 6) is 0. The van der Waals surface area contributed by atoms with Gasteiger partial charge in [0.05, 0.1) is 6.20 Å². The molecule has 1 aliphatic rings. The molecule has 0 unspecified atom stereocenters. The van der Waals surface area contributed by atoms with Crippen LogP contribution in [0.3, 0.4) is 0 Å². The SMILES string of the molecule is CCn1cc(S(=O)(=O)N2CCN(Cc3ccc(C)cc3)CC2)cn1. The molecule has 1 aliphatic heterocycles. The molecule has 0 aliphatic carbocycles. The molecule has 0 radical (unpaired) electrons. The first-order valence-corrected chi connectivity index (χ1v) is 9.73. The first kappa shape index (κ1) is 17.1. The van der Waals surface area contributed by atoms with Crippen LogP contribution < -0.4 is 0 Å². The van der Waals surface area contributed by atoms with Crippen molar-refractivity contribution in [3.63, 3.8) is 0 Å². The largest absolute Gasteiger partial charge is 0.296 e. The van der Waals surface area contributed by atoms with Gasteiger partial charge in [0.1, 0.15) is 4.90 Å². The number of benzene rings is 1. The Morgan fingerprint density at radius 3 is 2.33 bits per heavy atom. The van der Waals surface area contributed by atoms with Crippen LogP contribution in [0.2, 0.25) is 0 Å². The fourth-order valence-corrected chi connectivity index (χ4v) is 4.26. The molecule has 3 rings (SSSR count). The molecule has 24 heavy (non-hydrogen) atoms. The number of piperazine rings is 1. The third-order valence-corrected chi connectivity index (χ3v) is 6.28. The second-order valence-electron chi connectivity index (χ2n) is 6.20. The molecule has 0 N–H and O–H groups in total. The van der Waals surface area contributed by atoms with Crippen LogP contribution >= 0.6 is 0 Å². The summed E-state index contributed by atoms with van der Waals surface area (Å²) in [5, 5.41) is 4.07. The lowest BCUT2D eigenvalue weighted by Crippen LogP contribution is -2.48. The molecular formula is C17H24N4O2S. The maximum absolute atomic E-state index is 12.7. The van der Waals surface area contributed by atoms with Crippen molar-refractivity contribution in [1.29, 1.82) is 0 Å². The average molecular weight is 348 g/mol. The van der Waals surface area contributed by atoms with Gasteiger partial charge in [0, 0.05) is 45.5 Å². The Balaban J connectivity index is 1.60. The number of hydrogen-bond donors (Lipinski definition) is 0. The molecular weight excluding hydrogens is 324 g/mol. The van der Waals surface area contributed by atoms with Gasteiger partial charge in [-0.2, -0.15) is 9.40 Å². The topological polar surface area (TPSA) is 58.4 Å². The van der Waals surface area contributed by atoms with E-state index in [9.17, 15) is 8.42 Å². The van der Waals surface area contributed by atoms with Gasteiger partial charge in [-0.3, -0.25) is 9.58 Å². The van der Waals surface area contributed by atoms with E-state index in [1.54, 1.807) is 15.2 Å². The van der Waals surface area contributed by atoms with Gasteiger partial charge >= 0.3 is 0 Å². The van der Waals surface area contributed by atoms with Crippen molar-refractivity contribution in [2.24, 2.45) is 0 Å². The molecule has 7 heteroatoms. The smallest absolute Gasteiger partial charge is 0.246 e. The molecule has 0 atom stereocenters. The predicted octanol–water partition coefficient (Wildman–Crippen LogP) is 1.72. The van der Waals surface area contributed by atoms with Crippen LogP contribution in [0.1, 0.15) is 18.1 Å². The summed E-state index contributed by atoms with van der Waals surface area (Å²) in [4.78, 5) is 2.59. The quantitative estimate of drug-likeness (QED) is 0.825. The molecule has 0 amide bonds. The second kappa shape index (κ2) is 7.04. The van der Waals surface area contributed by atoms with Crippen LogP contribution in [0.4, 0.5) is 0 Å². The third-order valence-electron chi connectivity index (χ3n) is 4.43. The summed E-state index contributed by atoms with van der Waals surface area (Å²) >= 11 is 0. The minimum Gasteiger partial charge on any atom is -0.296 e. The van der Waals surface area contributed by atoms with Crippen molar-refractivity contribution in [3.05, 3.63) is 47.8 Å². The Kier molecular flexibility index (Phi) is 5.03. The zero-order valence-corrected chi connectivity index (χ0v) is 15.0. The number of hydrogen-bond acceptors (Lipinski definition) is 4. The molecule has 1 aromatic carbocycles. The highest BCUT2D eigenvalue weighted by atomic mass is 32.2. The molecule has 0 saturated carbocycles. The normalized spacial score (nSPS) is 17.2. The number of rotatable bonds is 5. The fourth-order valence-electron chi connectivity index (χ4n) is 2.88. The first-order chi connectivity index (χ1) is 11.5. The van der Waals surface area contributed by atoms with Crippen molar-refractivity contribution in [1.82, 2.24) is 19.0 Å². The maximum atomic E-state index is 12.7. The summed E-state index contributed by atoms with van der Waals surface area (Å²) in [6, 6.07) is 8.50. The second-order valence-corrected chi connectivity index (χ2v) is 8.14. The van der Waals surface area contributed by atoms with Crippen molar-refractivity contribution < 1.29 is 8.42 Å². The molecule has 1 fully saturated rings. The van der Waals surface area contributed by atoms with E-state index in [4.69, 9.17) is 0 Å². The zero-order chi connectivity index (χ0) is 17.2. The molecule has 2 aromatic rings. The molecule has 6 nitrogen and oxygen atoms in total. The molecule has 1 aromatic heterocycles. The van der Waals surface area contributed by atoms with Crippen molar-refractivity contribution >= 4 is 10.0 Å². The van der Waals surface area contributed by atoms with Gasteiger partial charge in [0.25, 0.3) is 0 Å². The Labute approximate surface area is 143 Å². The van der Waals surface area contributed by atoms with E-state index in [1.807, 2.05) is 6.92 Å². The summed E-state index contributed by atoms with van der Waals surface area (Å²) in [6.45, 7) is 8.07. The zero-order valence-electron chi connectivity index (χ0n) is 14.2. The predicted molar refractivity (Wildman–Crippen MR) is 93.1 cm³/mol. The van der Waals surface area contributed by atoms with E-state index in [0.717, 1.165) is 19.6 Å². The number of aromatic nitrogens is 2. The highest BCUT2D eigenvalue weighted by Gasteiger charge is 2.29. The number of aryl methyl sites for hydroxylation is 2. The summed E-state index contributed by atoms with van der Waals surface area (Å²) < 4.78 is 28.6. The minimum absolute atomic E-state index is 0.288. The monoisotopic (exact) mass is 348 g/mol. The van der Waals surface area contributed by atoms with Gasteiger partial charge in [-0.1, -0.05) is 29.8 Å². The lowest BCUT2D eigenvalue weighted by atomic mass is 10.1. The average Bonchev–Trinajstić information content (AvgIpc) is 3.07. The first-order valence-electron chi connectivity index (χ1n) is 8.29. The third kappa shape index (κ3) is 3.68. The van der Waals surface area contributed by atoms with Gasteiger partial charge in [0.2, 0.25) is 10.0 Å². The number of sulfonamides is 1. The maximum Gasteiger partial charge on any atom is 0.246 e. The Hall–Kier alpha value is -1.70. The van der Waals surface area contributed by atoms with Crippen molar-refractivity contribution in [2.45, 2.75) is 31.8 Å². The molecule has 130 valence electrons. The van der Waals surface area contributed by atoms with Crippen LogP contribution in [0, 0.1) is 6.92 Å². The Morgan fingerprint density at radius 1 is 1.08 bits per heavy atom. The van der Waals surface area contributed by atoms with Crippen LogP contribution in [0.5, 0.6) is 0 Å². The molecule has 0 bridgehead atoms. The van der Waals surface area contributed by atoms with Crippen molar-refractivity contribution in [3.8, 4) is 0 Å². The van der Waals surface area contributed by atoms with E-state index in [1.165, 1.54) is 17.3 Å². The lowest BCUT2D eigenvalue weighted by molar-refractivity contribution is 0.181. The van der Waals surface area contributed by atoms with Gasteiger partial charge in [-0.15, -0.1) is 0 Å². The summed E-state index contributed by atoms with van der Waals surface area (Å²) in [5.41, 5.74) is 2.52. The highest BCUT2D eigenvalue weighted by molar-refractivity contribution is 7.89. The van der Waals surface area contributed by atoms with E-state index >= 15 is 0 Å². The Bertz CT molecular complexity index is 775. The van der Waals surface area contributed by atoms with Gasteiger partial charge < -0.3 is 0 Å². The van der Waals surface area contributed by atoms with Gasteiger partial charge in [-0.25, -0.2) is 8.42 Å². The van der Waals surface area contributed by atoms with E-state index in [0.29, 0.717) is 19.6 Å². The number of nitrogens with zero attached hydrogens (tertiary/aromatic N) is 4. The fraction of sp³-hybridized carbons (Fsp3) is 0.471. The van der Waals surface area contributed by atoms with E-state index in [-0.39, 0.29) is 4.90 Å². The van der Waals surface area contributed by atoms with Gasteiger partial charge in [-0.05, 0) is 19.4 Å². The van der Waals surface area contributed by atoms with Crippen LogP contribution in [0.25, 0.3) is 0 Å². The van der Waals surface area contributed by atoms with E-state index < -0.39 is 10.0 Å².